The molecule has 0 atom stereocenters. The molecule has 0 unspecified atom stereocenters. The zero-order valence-corrected chi connectivity index (χ0v) is 13.6. The van der Waals surface area contributed by atoms with Crippen molar-refractivity contribution in [2.45, 2.75) is 6.04 Å². The Balaban J connectivity index is 1.27. The predicted molar refractivity (Wildman–Crippen MR) is 95.5 cm³/mol. The molecule has 2 heterocycles. The normalized spacial score (nSPS) is 14.2. The van der Waals surface area contributed by atoms with Gasteiger partial charge in [0.1, 0.15) is 5.75 Å². The van der Waals surface area contributed by atoms with Gasteiger partial charge in [0.2, 0.25) is 5.95 Å². The Kier molecular flexibility index (Phi) is 4.16. The summed E-state index contributed by atoms with van der Waals surface area (Å²) in [6.07, 6.45) is 3.38. The Morgan fingerprint density at radius 1 is 1.08 bits per heavy atom. The first-order chi connectivity index (χ1) is 12.3. The molecule has 0 spiro atoms. The fourth-order valence-corrected chi connectivity index (χ4v) is 2.82. The van der Waals surface area contributed by atoms with E-state index in [1.807, 2.05) is 42.5 Å². The fraction of sp³-hybridized carbons (Fsp3) is 0.211. The van der Waals surface area contributed by atoms with Crippen molar-refractivity contribution >= 4 is 22.6 Å². The van der Waals surface area contributed by atoms with Gasteiger partial charge in [-0.2, -0.15) is 0 Å². The van der Waals surface area contributed by atoms with Crippen LogP contribution in [0.4, 0.5) is 5.95 Å². The van der Waals surface area contributed by atoms with E-state index in [1.54, 1.807) is 23.4 Å². The van der Waals surface area contributed by atoms with Crippen molar-refractivity contribution in [3.8, 4) is 5.75 Å². The van der Waals surface area contributed by atoms with Crippen LogP contribution in [0.5, 0.6) is 5.75 Å². The van der Waals surface area contributed by atoms with Crippen molar-refractivity contribution in [2.75, 3.05) is 25.0 Å². The van der Waals surface area contributed by atoms with Crippen LogP contribution in [-0.4, -0.2) is 46.5 Å². The highest BCUT2D eigenvalue weighted by molar-refractivity contribution is 5.84. The van der Waals surface area contributed by atoms with Crippen LogP contribution >= 0.6 is 0 Å². The van der Waals surface area contributed by atoms with Crippen molar-refractivity contribution in [1.82, 2.24) is 14.9 Å². The molecular formula is C19H18N4O2. The molecule has 0 bridgehead atoms. The highest BCUT2D eigenvalue weighted by Crippen LogP contribution is 2.21. The lowest BCUT2D eigenvalue weighted by molar-refractivity contribution is -0.137. The van der Waals surface area contributed by atoms with Gasteiger partial charge >= 0.3 is 0 Å². The molecule has 1 aromatic heterocycles. The number of amides is 1. The van der Waals surface area contributed by atoms with Crippen LogP contribution in [0, 0.1) is 0 Å². The first-order valence-electron chi connectivity index (χ1n) is 8.21. The number of likely N-dealkylation sites (tertiary alicyclic amines) is 1. The number of benzene rings is 2. The van der Waals surface area contributed by atoms with Gasteiger partial charge in [0.15, 0.2) is 6.61 Å². The zero-order chi connectivity index (χ0) is 17.1. The summed E-state index contributed by atoms with van der Waals surface area (Å²) in [5.74, 6) is 1.28. The van der Waals surface area contributed by atoms with Gasteiger partial charge in [-0.3, -0.25) is 4.79 Å². The van der Waals surface area contributed by atoms with Gasteiger partial charge in [0.25, 0.3) is 5.91 Å². The van der Waals surface area contributed by atoms with Gasteiger partial charge in [0, 0.05) is 25.5 Å². The van der Waals surface area contributed by atoms with Crippen molar-refractivity contribution in [2.24, 2.45) is 0 Å². The second kappa shape index (κ2) is 6.76. The number of rotatable bonds is 5. The number of ether oxygens (including phenoxy) is 1. The number of carbonyl (C=O) groups is 1. The predicted octanol–water partition coefficient (Wildman–Crippen LogP) is 2.33. The Labute approximate surface area is 145 Å². The van der Waals surface area contributed by atoms with E-state index in [-0.39, 0.29) is 18.6 Å². The van der Waals surface area contributed by atoms with E-state index in [0.29, 0.717) is 24.8 Å². The summed E-state index contributed by atoms with van der Waals surface area (Å²) in [4.78, 5) is 22.2. The van der Waals surface area contributed by atoms with Gasteiger partial charge in [-0.1, -0.05) is 30.3 Å². The molecule has 1 N–H and O–H groups in total. The quantitative estimate of drug-likeness (QED) is 0.776. The number of carbonyl (C=O) groups excluding carboxylic acids is 1. The van der Waals surface area contributed by atoms with Gasteiger partial charge in [-0.25, -0.2) is 9.97 Å². The summed E-state index contributed by atoms with van der Waals surface area (Å²) >= 11 is 0. The van der Waals surface area contributed by atoms with Gasteiger partial charge < -0.3 is 15.0 Å². The smallest absolute Gasteiger partial charge is 0.260 e. The molecule has 1 aliphatic rings. The molecule has 1 saturated heterocycles. The average Bonchev–Trinajstić information content (AvgIpc) is 2.63. The molecule has 1 aliphatic heterocycles. The van der Waals surface area contributed by atoms with Gasteiger partial charge in [0.05, 0.1) is 6.04 Å². The molecule has 0 saturated carbocycles. The third-order valence-corrected chi connectivity index (χ3v) is 4.22. The monoisotopic (exact) mass is 334 g/mol. The molecule has 1 amide bonds. The van der Waals surface area contributed by atoms with E-state index in [4.69, 9.17) is 4.74 Å². The molecule has 6 nitrogen and oxygen atoms in total. The SMILES string of the molecule is O=C(COc1ccc2ccccc2c1)N1CC(Nc2ncccn2)C1. The van der Waals surface area contributed by atoms with E-state index in [2.05, 4.69) is 15.3 Å². The summed E-state index contributed by atoms with van der Waals surface area (Å²) in [6, 6.07) is 15.9. The fourth-order valence-electron chi connectivity index (χ4n) is 2.82. The van der Waals surface area contributed by atoms with E-state index in [9.17, 15) is 4.79 Å². The van der Waals surface area contributed by atoms with Crippen LogP contribution in [0.25, 0.3) is 10.8 Å². The van der Waals surface area contributed by atoms with E-state index in [0.717, 1.165) is 10.8 Å². The average molecular weight is 334 g/mol. The van der Waals surface area contributed by atoms with E-state index in [1.165, 1.54) is 0 Å². The third-order valence-electron chi connectivity index (χ3n) is 4.22. The standard InChI is InChI=1S/C19H18N4O2/c24-18(23-11-16(12-23)22-19-20-8-3-9-21-19)13-25-17-7-6-14-4-1-2-5-15(14)10-17/h1-10,16H,11-13H2,(H,20,21,22). The number of hydrogen-bond donors (Lipinski definition) is 1. The molecule has 0 aliphatic carbocycles. The largest absolute Gasteiger partial charge is 0.484 e. The van der Waals surface area contributed by atoms with Crippen LogP contribution < -0.4 is 10.1 Å². The minimum absolute atomic E-state index is 0.0137. The maximum absolute atomic E-state index is 12.2. The summed E-state index contributed by atoms with van der Waals surface area (Å²) < 4.78 is 5.65. The summed E-state index contributed by atoms with van der Waals surface area (Å²) in [6.45, 7) is 1.32. The van der Waals surface area contributed by atoms with Crippen molar-refractivity contribution < 1.29 is 9.53 Å². The number of nitrogens with zero attached hydrogens (tertiary/aromatic N) is 3. The van der Waals surface area contributed by atoms with Crippen molar-refractivity contribution in [1.29, 1.82) is 0 Å². The molecule has 1 fully saturated rings. The molecule has 2 aromatic carbocycles. The summed E-state index contributed by atoms with van der Waals surface area (Å²) in [5, 5.41) is 5.45. The lowest BCUT2D eigenvalue weighted by atomic mass is 10.1. The minimum atomic E-state index is -0.0137. The molecule has 126 valence electrons. The van der Waals surface area contributed by atoms with Gasteiger partial charge in [-0.15, -0.1) is 0 Å². The zero-order valence-electron chi connectivity index (χ0n) is 13.6. The van der Waals surface area contributed by atoms with Crippen molar-refractivity contribution in [3.05, 3.63) is 60.9 Å². The Bertz CT molecular complexity index is 879. The lowest BCUT2D eigenvalue weighted by Gasteiger charge is -2.39. The summed E-state index contributed by atoms with van der Waals surface area (Å²) in [7, 11) is 0. The third kappa shape index (κ3) is 3.52. The van der Waals surface area contributed by atoms with E-state index < -0.39 is 0 Å². The molecule has 0 radical (unpaired) electrons. The second-order valence-corrected chi connectivity index (χ2v) is 6.01. The van der Waals surface area contributed by atoms with Crippen LogP contribution in [0.15, 0.2) is 60.9 Å². The van der Waals surface area contributed by atoms with Crippen LogP contribution in [0.2, 0.25) is 0 Å². The number of fused-ring (bicyclic) bond motifs is 1. The lowest BCUT2D eigenvalue weighted by Crippen LogP contribution is -2.58. The maximum Gasteiger partial charge on any atom is 0.260 e. The molecule has 25 heavy (non-hydrogen) atoms. The highest BCUT2D eigenvalue weighted by Gasteiger charge is 2.31. The van der Waals surface area contributed by atoms with Gasteiger partial charge in [-0.05, 0) is 29.0 Å². The van der Waals surface area contributed by atoms with E-state index >= 15 is 0 Å². The molecule has 4 rings (SSSR count). The first-order valence-corrected chi connectivity index (χ1v) is 8.21. The minimum Gasteiger partial charge on any atom is -0.484 e. The Morgan fingerprint density at radius 3 is 2.64 bits per heavy atom. The maximum atomic E-state index is 12.2. The Morgan fingerprint density at radius 2 is 1.84 bits per heavy atom. The highest BCUT2D eigenvalue weighted by atomic mass is 16.5. The molecule has 3 aromatic rings. The number of anilines is 1. The topological polar surface area (TPSA) is 67.3 Å². The number of nitrogens with one attached hydrogen (secondary N) is 1. The number of hydrogen-bond acceptors (Lipinski definition) is 5. The van der Waals surface area contributed by atoms with Crippen LogP contribution in [0.3, 0.4) is 0 Å². The van der Waals surface area contributed by atoms with Crippen LogP contribution in [0.1, 0.15) is 0 Å². The summed E-state index contributed by atoms with van der Waals surface area (Å²) in [5.41, 5.74) is 0. The van der Waals surface area contributed by atoms with Crippen LogP contribution in [-0.2, 0) is 4.79 Å². The second-order valence-electron chi connectivity index (χ2n) is 6.01. The molecule has 6 heteroatoms. The van der Waals surface area contributed by atoms with Crippen molar-refractivity contribution in [3.63, 3.8) is 0 Å². The number of aromatic nitrogens is 2. The first kappa shape index (κ1) is 15.4. The molecular weight excluding hydrogens is 316 g/mol. The Hall–Kier alpha value is -3.15.